The molecule has 1 atom stereocenters. The lowest BCUT2D eigenvalue weighted by Crippen LogP contribution is -2.35. The molecule has 1 saturated carbocycles. The number of aryl methyl sites for hydroxylation is 1. The number of rotatable bonds is 5. The van der Waals surface area contributed by atoms with E-state index >= 15 is 0 Å². The van der Waals surface area contributed by atoms with Gasteiger partial charge in [0, 0.05) is 18.6 Å². The minimum Gasteiger partial charge on any atom is -0.329 e. The second-order valence-corrected chi connectivity index (χ2v) is 4.82. The normalized spacial score (nSPS) is 17.5. The molecule has 0 amide bonds. The van der Waals surface area contributed by atoms with Crippen LogP contribution in [0.25, 0.3) is 0 Å². The molecule has 1 aromatic carbocycles. The van der Waals surface area contributed by atoms with Gasteiger partial charge in [0.25, 0.3) is 0 Å². The first-order valence-corrected chi connectivity index (χ1v) is 6.39. The zero-order valence-electron chi connectivity index (χ0n) is 10.6. The Morgan fingerprint density at radius 3 is 2.65 bits per heavy atom. The Hall–Kier alpha value is -0.930. The Morgan fingerprint density at radius 2 is 2.18 bits per heavy atom. The maximum atomic E-state index is 13.3. The highest BCUT2D eigenvalue weighted by Crippen LogP contribution is 2.34. The lowest BCUT2D eigenvalue weighted by molar-refractivity contribution is 0.202. The second-order valence-electron chi connectivity index (χ2n) is 4.82. The summed E-state index contributed by atoms with van der Waals surface area (Å²) in [6.45, 7) is 5.57. The molecule has 1 aromatic rings. The summed E-state index contributed by atoms with van der Waals surface area (Å²) in [5.74, 6) is -0.140. The number of likely N-dealkylation sites (N-methyl/N-ethyl adjacent to an activating group) is 1. The van der Waals surface area contributed by atoms with E-state index in [4.69, 9.17) is 5.73 Å². The monoisotopic (exact) mass is 236 g/mol. The first-order chi connectivity index (χ1) is 8.17. The molecule has 94 valence electrons. The predicted octanol–water partition coefficient (Wildman–Crippen LogP) is 2.62. The molecule has 1 aliphatic rings. The topological polar surface area (TPSA) is 29.3 Å². The van der Waals surface area contributed by atoms with E-state index in [1.54, 1.807) is 13.0 Å². The van der Waals surface area contributed by atoms with Gasteiger partial charge in [-0.05, 0) is 43.5 Å². The summed E-state index contributed by atoms with van der Waals surface area (Å²) in [5.41, 5.74) is 7.74. The summed E-state index contributed by atoms with van der Waals surface area (Å²) in [6.07, 6.45) is 2.54. The van der Waals surface area contributed by atoms with Gasteiger partial charge in [0.15, 0.2) is 0 Å². The van der Waals surface area contributed by atoms with Crippen molar-refractivity contribution in [1.82, 2.24) is 4.90 Å². The van der Waals surface area contributed by atoms with Crippen molar-refractivity contribution in [2.45, 2.75) is 38.8 Å². The molecule has 0 bridgehead atoms. The first kappa shape index (κ1) is 12.5. The molecule has 2 N–H and O–H groups in total. The molecule has 0 spiro atoms. The van der Waals surface area contributed by atoms with Gasteiger partial charge in [-0.25, -0.2) is 4.39 Å². The molecule has 1 fully saturated rings. The Kier molecular flexibility index (Phi) is 3.79. The van der Waals surface area contributed by atoms with Gasteiger partial charge in [-0.15, -0.1) is 0 Å². The Labute approximate surface area is 103 Å². The lowest BCUT2D eigenvalue weighted by atomic mass is 10.0. The number of hydrogen-bond donors (Lipinski definition) is 1. The standard InChI is InChI=1S/C14H21FN2/c1-3-17(12-5-6-12)14(9-16)11-4-7-13(15)10(2)8-11/h4,7-8,12,14H,3,5-6,9,16H2,1-2H3. The second kappa shape index (κ2) is 5.15. The van der Waals surface area contributed by atoms with E-state index < -0.39 is 0 Å². The van der Waals surface area contributed by atoms with Gasteiger partial charge in [-0.2, -0.15) is 0 Å². The van der Waals surface area contributed by atoms with Crippen LogP contribution in [0.15, 0.2) is 18.2 Å². The number of nitrogens with two attached hydrogens (primary N) is 1. The summed E-state index contributed by atoms with van der Waals surface area (Å²) in [5, 5.41) is 0. The highest BCUT2D eigenvalue weighted by Gasteiger charge is 2.32. The van der Waals surface area contributed by atoms with Crippen molar-refractivity contribution in [3.05, 3.63) is 35.1 Å². The molecule has 0 heterocycles. The fourth-order valence-corrected chi connectivity index (χ4v) is 2.48. The molecule has 2 nitrogen and oxygen atoms in total. The van der Waals surface area contributed by atoms with Crippen LogP contribution in [0.1, 0.15) is 36.9 Å². The van der Waals surface area contributed by atoms with E-state index in [-0.39, 0.29) is 11.9 Å². The summed E-state index contributed by atoms with van der Waals surface area (Å²) < 4.78 is 13.3. The minimum atomic E-state index is -0.140. The van der Waals surface area contributed by atoms with E-state index in [0.29, 0.717) is 18.2 Å². The van der Waals surface area contributed by atoms with Crippen LogP contribution in [0.5, 0.6) is 0 Å². The van der Waals surface area contributed by atoms with Crippen LogP contribution in [0.4, 0.5) is 4.39 Å². The molecule has 1 unspecified atom stereocenters. The average Bonchev–Trinajstić information content (AvgIpc) is 3.14. The predicted molar refractivity (Wildman–Crippen MR) is 68.3 cm³/mol. The molecule has 0 aromatic heterocycles. The zero-order valence-corrected chi connectivity index (χ0v) is 10.6. The Bertz CT molecular complexity index is 388. The molecule has 1 aliphatic carbocycles. The van der Waals surface area contributed by atoms with Crippen molar-refractivity contribution in [1.29, 1.82) is 0 Å². The van der Waals surface area contributed by atoms with Crippen LogP contribution < -0.4 is 5.73 Å². The largest absolute Gasteiger partial charge is 0.329 e. The maximum Gasteiger partial charge on any atom is 0.126 e. The van der Waals surface area contributed by atoms with E-state index in [2.05, 4.69) is 11.8 Å². The van der Waals surface area contributed by atoms with Crippen LogP contribution in [0.2, 0.25) is 0 Å². The van der Waals surface area contributed by atoms with Crippen molar-refractivity contribution in [3.8, 4) is 0 Å². The number of benzene rings is 1. The van der Waals surface area contributed by atoms with E-state index in [1.807, 2.05) is 12.1 Å². The third-order valence-electron chi connectivity index (χ3n) is 3.57. The van der Waals surface area contributed by atoms with Crippen LogP contribution in [-0.2, 0) is 0 Å². The number of nitrogens with zero attached hydrogens (tertiary/aromatic N) is 1. The fourth-order valence-electron chi connectivity index (χ4n) is 2.48. The van der Waals surface area contributed by atoms with Crippen molar-refractivity contribution in [3.63, 3.8) is 0 Å². The van der Waals surface area contributed by atoms with E-state index in [9.17, 15) is 4.39 Å². The van der Waals surface area contributed by atoms with Crippen molar-refractivity contribution >= 4 is 0 Å². The molecule has 2 rings (SSSR count). The van der Waals surface area contributed by atoms with Gasteiger partial charge < -0.3 is 5.73 Å². The molecular weight excluding hydrogens is 215 g/mol. The van der Waals surface area contributed by atoms with Gasteiger partial charge in [-0.3, -0.25) is 4.90 Å². The minimum absolute atomic E-state index is 0.140. The quantitative estimate of drug-likeness (QED) is 0.851. The van der Waals surface area contributed by atoms with Crippen LogP contribution in [0.3, 0.4) is 0 Å². The fraction of sp³-hybridized carbons (Fsp3) is 0.571. The third-order valence-corrected chi connectivity index (χ3v) is 3.57. The maximum absolute atomic E-state index is 13.3. The summed E-state index contributed by atoms with van der Waals surface area (Å²) >= 11 is 0. The summed E-state index contributed by atoms with van der Waals surface area (Å²) in [4.78, 5) is 2.44. The molecule has 0 radical (unpaired) electrons. The van der Waals surface area contributed by atoms with Crippen molar-refractivity contribution < 1.29 is 4.39 Å². The first-order valence-electron chi connectivity index (χ1n) is 6.39. The SMILES string of the molecule is CCN(C1CC1)C(CN)c1ccc(F)c(C)c1. The number of halogens is 1. The van der Waals surface area contributed by atoms with Gasteiger partial charge in [0.05, 0.1) is 0 Å². The number of hydrogen-bond acceptors (Lipinski definition) is 2. The zero-order chi connectivity index (χ0) is 12.4. The van der Waals surface area contributed by atoms with E-state index in [0.717, 1.165) is 12.1 Å². The highest BCUT2D eigenvalue weighted by atomic mass is 19.1. The van der Waals surface area contributed by atoms with Gasteiger partial charge in [0.2, 0.25) is 0 Å². The molecule has 0 saturated heterocycles. The highest BCUT2D eigenvalue weighted by molar-refractivity contribution is 5.27. The van der Waals surface area contributed by atoms with Gasteiger partial charge >= 0.3 is 0 Å². The van der Waals surface area contributed by atoms with Crippen LogP contribution in [-0.4, -0.2) is 24.0 Å². The Balaban J connectivity index is 2.23. The molecule has 17 heavy (non-hydrogen) atoms. The Morgan fingerprint density at radius 1 is 1.47 bits per heavy atom. The van der Waals surface area contributed by atoms with Gasteiger partial charge in [0.1, 0.15) is 5.82 Å². The van der Waals surface area contributed by atoms with Crippen molar-refractivity contribution in [2.24, 2.45) is 5.73 Å². The van der Waals surface area contributed by atoms with Crippen LogP contribution >= 0.6 is 0 Å². The van der Waals surface area contributed by atoms with E-state index in [1.165, 1.54) is 12.8 Å². The molecule has 3 heteroatoms. The molecular formula is C14H21FN2. The average molecular weight is 236 g/mol. The van der Waals surface area contributed by atoms with Crippen molar-refractivity contribution in [2.75, 3.05) is 13.1 Å². The lowest BCUT2D eigenvalue weighted by Gasteiger charge is -2.30. The summed E-state index contributed by atoms with van der Waals surface area (Å²) in [6, 6.07) is 6.25. The van der Waals surface area contributed by atoms with Crippen LogP contribution in [0, 0.1) is 12.7 Å². The van der Waals surface area contributed by atoms with Gasteiger partial charge in [-0.1, -0.05) is 19.1 Å². The summed E-state index contributed by atoms with van der Waals surface area (Å²) in [7, 11) is 0. The third kappa shape index (κ3) is 2.67. The smallest absolute Gasteiger partial charge is 0.126 e. The molecule has 0 aliphatic heterocycles.